The van der Waals surface area contributed by atoms with E-state index in [0.717, 1.165) is 13.1 Å². The zero-order valence-electron chi connectivity index (χ0n) is 9.78. The molecule has 0 saturated heterocycles. The monoisotopic (exact) mass is 176 g/mol. The van der Waals surface area contributed by atoms with E-state index in [1.807, 2.05) is 34.7 Å². The van der Waals surface area contributed by atoms with Crippen molar-refractivity contribution in [1.82, 2.24) is 5.32 Å². The lowest BCUT2D eigenvalue weighted by atomic mass is 10.1. The number of hydrogen-bond acceptors (Lipinski definition) is 2. The molecule has 0 bridgehead atoms. The Morgan fingerprint density at radius 2 is 1.58 bits per heavy atom. The van der Waals surface area contributed by atoms with Gasteiger partial charge in [-0.3, -0.25) is 0 Å². The van der Waals surface area contributed by atoms with Crippen LogP contribution in [0.2, 0.25) is 0 Å². The summed E-state index contributed by atoms with van der Waals surface area (Å²) in [7, 11) is 1.96. The van der Waals surface area contributed by atoms with Crippen molar-refractivity contribution in [3.8, 4) is 0 Å². The van der Waals surface area contributed by atoms with Crippen molar-refractivity contribution >= 4 is 0 Å². The normalized spacial score (nSPS) is 10.2. The van der Waals surface area contributed by atoms with E-state index in [9.17, 15) is 0 Å². The Bertz CT molecular complexity index is 47.1. The highest BCUT2D eigenvalue weighted by Crippen LogP contribution is 1.94. The zero-order valence-corrected chi connectivity index (χ0v) is 9.78. The lowest BCUT2D eigenvalue weighted by Crippen LogP contribution is -2.17. The molecule has 0 heterocycles. The van der Waals surface area contributed by atoms with Crippen LogP contribution in [-0.2, 0) is 0 Å². The van der Waals surface area contributed by atoms with Crippen molar-refractivity contribution < 1.29 is 0 Å². The maximum absolute atomic E-state index is 5.39. The molecule has 0 fully saturated rings. The van der Waals surface area contributed by atoms with Gasteiger partial charge in [-0.1, -0.05) is 34.6 Å². The highest BCUT2D eigenvalue weighted by Gasteiger charge is 1.94. The Hall–Kier alpha value is -0.0800. The minimum Gasteiger partial charge on any atom is -0.330 e. The van der Waals surface area contributed by atoms with Crippen LogP contribution in [0.25, 0.3) is 0 Å². The van der Waals surface area contributed by atoms with Gasteiger partial charge in [-0.25, -0.2) is 0 Å². The summed E-state index contributed by atoms with van der Waals surface area (Å²) < 4.78 is 0. The first-order valence-corrected chi connectivity index (χ1v) is 5.16. The van der Waals surface area contributed by atoms with Gasteiger partial charge in [-0.2, -0.15) is 0 Å². The average molecular weight is 176 g/mol. The molecule has 0 aliphatic heterocycles. The molecule has 3 N–H and O–H groups in total. The van der Waals surface area contributed by atoms with Gasteiger partial charge in [-0.05, 0) is 32.5 Å². The van der Waals surface area contributed by atoms with E-state index in [2.05, 4.69) is 12.2 Å². The Balaban J connectivity index is -0.000000175. The molecule has 0 aliphatic carbocycles. The standard InChI is InChI=1S/C6H16N2.2C2H6/c1-6(5-7)3-4-8-2;2*1-2/h6,8H,3-5,7H2,1-2H3;2*1-2H3. The van der Waals surface area contributed by atoms with Gasteiger partial charge < -0.3 is 11.1 Å². The summed E-state index contributed by atoms with van der Waals surface area (Å²) in [6.07, 6.45) is 1.19. The molecular weight excluding hydrogens is 148 g/mol. The lowest BCUT2D eigenvalue weighted by molar-refractivity contribution is 0.527. The second kappa shape index (κ2) is 22.4. The summed E-state index contributed by atoms with van der Waals surface area (Å²) in [5.41, 5.74) is 5.39. The van der Waals surface area contributed by atoms with Crippen LogP contribution < -0.4 is 11.1 Å². The second-order valence-electron chi connectivity index (χ2n) is 2.23. The maximum Gasteiger partial charge on any atom is -0.00489 e. The summed E-state index contributed by atoms with van der Waals surface area (Å²) in [5.74, 6) is 0.669. The van der Waals surface area contributed by atoms with Crippen molar-refractivity contribution in [1.29, 1.82) is 0 Å². The first-order chi connectivity index (χ1) is 5.81. The minimum absolute atomic E-state index is 0.669. The Morgan fingerprint density at radius 3 is 1.83 bits per heavy atom. The second-order valence-corrected chi connectivity index (χ2v) is 2.23. The van der Waals surface area contributed by atoms with Crippen LogP contribution in [0.5, 0.6) is 0 Å². The van der Waals surface area contributed by atoms with Crippen LogP contribution in [0.3, 0.4) is 0 Å². The summed E-state index contributed by atoms with van der Waals surface area (Å²) in [6.45, 7) is 12.1. The molecule has 1 unspecified atom stereocenters. The molecule has 2 nitrogen and oxygen atoms in total. The van der Waals surface area contributed by atoms with Gasteiger partial charge >= 0.3 is 0 Å². The summed E-state index contributed by atoms with van der Waals surface area (Å²) >= 11 is 0. The van der Waals surface area contributed by atoms with Crippen LogP contribution >= 0.6 is 0 Å². The third kappa shape index (κ3) is 22.5. The van der Waals surface area contributed by atoms with Gasteiger partial charge in [0.25, 0.3) is 0 Å². The van der Waals surface area contributed by atoms with Crippen molar-refractivity contribution in [2.75, 3.05) is 20.1 Å². The Kier molecular flexibility index (Phi) is 33.4. The van der Waals surface area contributed by atoms with Gasteiger partial charge in [0.1, 0.15) is 0 Å². The molecule has 78 valence electrons. The minimum atomic E-state index is 0.669. The number of nitrogens with two attached hydrogens (primary N) is 1. The third-order valence-corrected chi connectivity index (χ3v) is 1.29. The summed E-state index contributed by atoms with van der Waals surface area (Å²) in [5, 5.41) is 3.08. The first-order valence-electron chi connectivity index (χ1n) is 5.16. The molecule has 2 heteroatoms. The quantitative estimate of drug-likeness (QED) is 0.689. The van der Waals surface area contributed by atoms with Gasteiger partial charge in [0, 0.05) is 0 Å². The predicted octanol–water partition coefficient (Wildman–Crippen LogP) is 2.24. The van der Waals surface area contributed by atoms with Crippen molar-refractivity contribution in [2.24, 2.45) is 11.7 Å². The van der Waals surface area contributed by atoms with Crippen molar-refractivity contribution in [3.05, 3.63) is 0 Å². The van der Waals surface area contributed by atoms with E-state index < -0.39 is 0 Å². The molecular formula is C10H28N2. The fourth-order valence-corrected chi connectivity index (χ4v) is 0.509. The number of nitrogens with one attached hydrogen (secondary N) is 1. The highest BCUT2D eigenvalue weighted by molar-refractivity contribution is 4.53. The zero-order chi connectivity index (χ0) is 10.4. The van der Waals surface area contributed by atoms with Crippen LogP contribution in [0, 0.1) is 5.92 Å². The fourth-order valence-electron chi connectivity index (χ4n) is 0.509. The highest BCUT2D eigenvalue weighted by atomic mass is 14.8. The van der Waals surface area contributed by atoms with E-state index in [0.29, 0.717) is 5.92 Å². The molecule has 1 atom stereocenters. The van der Waals surface area contributed by atoms with Crippen LogP contribution in [0.1, 0.15) is 41.0 Å². The maximum atomic E-state index is 5.39. The van der Waals surface area contributed by atoms with Gasteiger partial charge in [0.05, 0.1) is 0 Å². The van der Waals surface area contributed by atoms with Crippen molar-refractivity contribution in [2.45, 2.75) is 41.0 Å². The average Bonchev–Trinajstić information content (AvgIpc) is 2.20. The Labute approximate surface area is 78.9 Å². The third-order valence-electron chi connectivity index (χ3n) is 1.29. The molecule has 0 aliphatic rings. The van der Waals surface area contributed by atoms with Crippen molar-refractivity contribution in [3.63, 3.8) is 0 Å². The molecule has 0 aromatic rings. The smallest absolute Gasteiger partial charge is 0.00489 e. The van der Waals surface area contributed by atoms with Crippen LogP contribution in [-0.4, -0.2) is 20.1 Å². The molecule has 0 spiro atoms. The predicted molar refractivity (Wildman–Crippen MR) is 59.5 cm³/mol. The van der Waals surface area contributed by atoms with Crippen LogP contribution in [0.4, 0.5) is 0 Å². The van der Waals surface area contributed by atoms with E-state index >= 15 is 0 Å². The Morgan fingerprint density at radius 1 is 1.17 bits per heavy atom. The lowest BCUT2D eigenvalue weighted by Gasteiger charge is -2.05. The number of hydrogen-bond donors (Lipinski definition) is 2. The molecule has 0 aromatic heterocycles. The van der Waals surface area contributed by atoms with Crippen LogP contribution in [0.15, 0.2) is 0 Å². The molecule has 0 radical (unpaired) electrons. The summed E-state index contributed by atoms with van der Waals surface area (Å²) in [4.78, 5) is 0. The van der Waals surface area contributed by atoms with E-state index in [1.165, 1.54) is 6.42 Å². The first kappa shape index (κ1) is 17.9. The molecule has 0 rings (SSSR count). The largest absolute Gasteiger partial charge is 0.330 e. The van der Waals surface area contributed by atoms with Gasteiger partial charge in [-0.15, -0.1) is 0 Å². The van der Waals surface area contributed by atoms with Gasteiger partial charge in [0.2, 0.25) is 0 Å². The molecule has 12 heavy (non-hydrogen) atoms. The summed E-state index contributed by atoms with van der Waals surface area (Å²) in [6, 6.07) is 0. The molecule has 0 saturated carbocycles. The van der Waals surface area contributed by atoms with E-state index in [-0.39, 0.29) is 0 Å². The fraction of sp³-hybridized carbons (Fsp3) is 1.00. The molecule has 0 aromatic carbocycles. The van der Waals surface area contributed by atoms with E-state index in [1.54, 1.807) is 0 Å². The van der Waals surface area contributed by atoms with E-state index in [4.69, 9.17) is 5.73 Å². The SMILES string of the molecule is CC.CC.CNCCC(C)CN. The topological polar surface area (TPSA) is 38.0 Å². The number of rotatable bonds is 4. The molecule has 0 amide bonds. The van der Waals surface area contributed by atoms with Gasteiger partial charge in [0.15, 0.2) is 0 Å².